The Bertz CT molecular complexity index is 847. The van der Waals surface area contributed by atoms with Crippen molar-refractivity contribution >= 4 is 17.6 Å². The van der Waals surface area contributed by atoms with E-state index in [-0.39, 0.29) is 22.9 Å². The van der Waals surface area contributed by atoms with Gasteiger partial charge in [-0.25, -0.2) is 9.59 Å². The van der Waals surface area contributed by atoms with Crippen LogP contribution >= 0.6 is 0 Å². The quantitative estimate of drug-likeness (QED) is 0.628. The third kappa shape index (κ3) is 3.70. The molecule has 1 heterocycles. The van der Waals surface area contributed by atoms with Crippen LogP contribution in [0.1, 0.15) is 32.3 Å². The highest BCUT2D eigenvalue weighted by Gasteiger charge is 2.39. The normalized spacial score (nSPS) is 16.8. The zero-order valence-corrected chi connectivity index (χ0v) is 15.1. The van der Waals surface area contributed by atoms with E-state index in [1.165, 1.54) is 7.11 Å². The van der Waals surface area contributed by atoms with Crippen LogP contribution in [0.4, 0.5) is 5.69 Å². The fourth-order valence-electron chi connectivity index (χ4n) is 2.87. The number of nitrogen functional groups attached to an aromatic ring is 1. The van der Waals surface area contributed by atoms with Crippen molar-refractivity contribution in [2.75, 3.05) is 12.8 Å². The Morgan fingerprint density at radius 1 is 1.27 bits per heavy atom. The molecule has 7 heteroatoms. The van der Waals surface area contributed by atoms with Crippen molar-refractivity contribution in [3.63, 3.8) is 0 Å². The Hall–Kier alpha value is -3.27. The summed E-state index contributed by atoms with van der Waals surface area (Å²) in [6.45, 7) is 5.12. The lowest BCUT2D eigenvalue weighted by atomic mass is 9.80. The van der Waals surface area contributed by atoms with Crippen LogP contribution in [0, 0.1) is 11.3 Å². The number of carbonyl (C=O) groups excluding carboxylic acids is 2. The standard InChI is InChI=1S/C19H21N3O4/c1-10(2)26-19(24)15-11(3)22-14(9-20)17(18(23)25-4)16(15)12-6-5-7-13(21)8-12/h5-8,10,16,22H,21H2,1-4H3. The van der Waals surface area contributed by atoms with E-state index in [0.29, 0.717) is 16.9 Å². The van der Waals surface area contributed by atoms with Gasteiger partial charge in [-0.05, 0) is 38.5 Å². The van der Waals surface area contributed by atoms with E-state index in [0.717, 1.165) is 0 Å². The van der Waals surface area contributed by atoms with Crippen LogP contribution in [-0.2, 0) is 19.1 Å². The Morgan fingerprint density at radius 2 is 1.96 bits per heavy atom. The highest BCUT2D eigenvalue weighted by Crippen LogP contribution is 2.39. The molecule has 1 atom stereocenters. The van der Waals surface area contributed by atoms with Crippen LogP contribution < -0.4 is 11.1 Å². The van der Waals surface area contributed by atoms with Gasteiger partial charge in [0.25, 0.3) is 0 Å². The van der Waals surface area contributed by atoms with Crippen molar-refractivity contribution in [3.8, 4) is 6.07 Å². The average molecular weight is 355 g/mol. The van der Waals surface area contributed by atoms with Crippen molar-refractivity contribution in [2.24, 2.45) is 0 Å². The first-order valence-electron chi connectivity index (χ1n) is 8.06. The molecule has 0 saturated heterocycles. The first-order valence-corrected chi connectivity index (χ1v) is 8.06. The van der Waals surface area contributed by atoms with E-state index in [2.05, 4.69) is 5.32 Å². The number of carbonyl (C=O) groups is 2. The van der Waals surface area contributed by atoms with Gasteiger partial charge in [0.15, 0.2) is 0 Å². The molecule has 26 heavy (non-hydrogen) atoms. The maximum Gasteiger partial charge on any atom is 0.337 e. The van der Waals surface area contributed by atoms with Crippen LogP contribution in [0.15, 0.2) is 46.8 Å². The second kappa shape index (κ2) is 7.74. The Kier molecular flexibility index (Phi) is 5.68. The minimum Gasteiger partial charge on any atom is -0.466 e. The van der Waals surface area contributed by atoms with Gasteiger partial charge in [-0.1, -0.05) is 12.1 Å². The van der Waals surface area contributed by atoms with Crippen molar-refractivity contribution in [3.05, 3.63) is 52.4 Å². The van der Waals surface area contributed by atoms with Crippen molar-refractivity contribution < 1.29 is 19.1 Å². The number of nitrogens with one attached hydrogen (secondary N) is 1. The van der Waals surface area contributed by atoms with Gasteiger partial charge in [-0.2, -0.15) is 5.26 Å². The summed E-state index contributed by atoms with van der Waals surface area (Å²) in [5, 5.41) is 12.3. The second-order valence-electron chi connectivity index (χ2n) is 6.11. The molecule has 0 aromatic heterocycles. The van der Waals surface area contributed by atoms with Crippen LogP contribution in [0.2, 0.25) is 0 Å². The Labute approximate surface area is 152 Å². The first-order chi connectivity index (χ1) is 12.3. The molecule has 2 rings (SSSR count). The predicted molar refractivity (Wildman–Crippen MR) is 95.3 cm³/mol. The van der Waals surface area contributed by atoms with Gasteiger partial charge < -0.3 is 20.5 Å². The molecule has 1 aliphatic heterocycles. The minimum atomic E-state index is -0.826. The molecule has 3 N–H and O–H groups in total. The Balaban J connectivity index is 2.72. The molecule has 0 bridgehead atoms. The van der Waals surface area contributed by atoms with E-state index >= 15 is 0 Å². The fraction of sp³-hybridized carbons (Fsp3) is 0.316. The molecule has 0 radical (unpaired) electrons. The Morgan fingerprint density at radius 3 is 2.50 bits per heavy atom. The van der Waals surface area contributed by atoms with Gasteiger partial charge in [0.05, 0.1) is 30.3 Å². The molecule has 136 valence electrons. The van der Waals surface area contributed by atoms with Crippen molar-refractivity contribution in [2.45, 2.75) is 32.8 Å². The summed E-state index contributed by atoms with van der Waals surface area (Å²) in [5.74, 6) is -2.10. The lowest BCUT2D eigenvalue weighted by Crippen LogP contribution is -2.33. The number of nitriles is 1. The minimum absolute atomic E-state index is 0.0304. The molecule has 1 aliphatic rings. The third-order valence-electron chi connectivity index (χ3n) is 3.89. The largest absolute Gasteiger partial charge is 0.466 e. The third-order valence-corrected chi connectivity index (χ3v) is 3.89. The number of nitrogens with two attached hydrogens (primary N) is 1. The van der Waals surface area contributed by atoms with E-state index in [1.807, 2.05) is 6.07 Å². The van der Waals surface area contributed by atoms with Crippen LogP contribution in [0.25, 0.3) is 0 Å². The number of ether oxygens (including phenoxy) is 2. The maximum absolute atomic E-state index is 12.7. The van der Waals surface area contributed by atoms with E-state index in [4.69, 9.17) is 15.2 Å². The van der Waals surface area contributed by atoms with E-state index in [9.17, 15) is 14.9 Å². The highest BCUT2D eigenvalue weighted by atomic mass is 16.5. The number of esters is 2. The van der Waals surface area contributed by atoms with Gasteiger partial charge in [0.2, 0.25) is 0 Å². The molecule has 1 unspecified atom stereocenters. The van der Waals surface area contributed by atoms with Gasteiger partial charge in [-0.3, -0.25) is 0 Å². The summed E-state index contributed by atoms with van der Waals surface area (Å²) in [7, 11) is 1.22. The predicted octanol–water partition coefficient (Wildman–Crippen LogP) is 2.13. The second-order valence-corrected chi connectivity index (χ2v) is 6.11. The number of allylic oxidation sites excluding steroid dienone is 2. The topological polar surface area (TPSA) is 114 Å². The summed E-state index contributed by atoms with van der Waals surface area (Å²) >= 11 is 0. The van der Waals surface area contributed by atoms with Gasteiger partial charge in [0.1, 0.15) is 11.8 Å². The summed E-state index contributed by atoms with van der Waals surface area (Å²) in [4.78, 5) is 25.2. The summed E-state index contributed by atoms with van der Waals surface area (Å²) in [5.41, 5.74) is 7.69. The van der Waals surface area contributed by atoms with Crippen LogP contribution in [-0.4, -0.2) is 25.2 Å². The molecular weight excluding hydrogens is 334 g/mol. The smallest absolute Gasteiger partial charge is 0.337 e. The molecule has 0 fully saturated rings. The number of nitrogens with zero attached hydrogens (tertiary/aromatic N) is 1. The number of hydrogen-bond acceptors (Lipinski definition) is 7. The molecule has 0 amide bonds. The van der Waals surface area contributed by atoms with E-state index < -0.39 is 17.9 Å². The lowest BCUT2D eigenvalue weighted by molar-refractivity contribution is -0.143. The summed E-state index contributed by atoms with van der Waals surface area (Å²) < 4.78 is 10.2. The molecule has 1 aromatic rings. The number of anilines is 1. The maximum atomic E-state index is 12.7. The number of rotatable bonds is 4. The molecule has 0 spiro atoms. The fourth-order valence-corrected chi connectivity index (χ4v) is 2.87. The summed E-state index contributed by atoms with van der Waals surface area (Å²) in [6.07, 6.45) is -0.341. The lowest BCUT2D eigenvalue weighted by Gasteiger charge is -2.29. The monoisotopic (exact) mass is 355 g/mol. The zero-order chi connectivity index (χ0) is 19.4. The van der Waals surface area contributed by atoms with Crippen LogP contribution in [0.5, 0.6) is 0 Å². The number of methoxy groups -OCH3 is 1. The highest BCUT2D eigenvalue weighted by molar-refractivity contribution is 6.00. The first kappa shape index (κ1) is 19.1. The number of dihydropyridines is 1. The zero-order valence-electron chi connectivity index (χ0n) is 15.1. The number of hydrogen-bond donors (Lipinski definition) is 2. The molecule has 7 nitrogen and oxygen atoms in total. The van der Waals surface area contributed by atoms with Gasteiger partial charge in [-0.15, -0.1) is 0 Å². The van der Waals surface area contributed by atoms with Gasteiger partial charge in [0, 0.05) is 11.4 Å². The van der Waals surface area contributed by atoms with Crippen molar-refractivity contribution in [1.29, 1.82) is 5.26 Å². The number of benzene rings is 1. The van der Waals surface area contributed by atoms with Crippen LogP contribution in [0.3, 0.4) is 0 Å². The summed E-state index contributed by atoms with van der Waals surface area (Å²) in [6, 6.07) is 8.77. The SMILES string of the molecule is COC(=O)C1=C(C#N)NC(C)=C(C(=O)OC(C)C)C1c1cccc(N)c1. The molecule has 1 aromatic carbocycles. The molecular formula is C19H21N3O4. The van der Waals surface area contributed by atoms with E-state index in [1.54, 1.807) is 45.0 Å². The van der Waals surface area contributed by atoms with Gasteiger partial charge >= 0.3 is 11.9 Å². The average Bonchev–Trinajstić information content (AvgIpc) is 2.59. The molecule has 0 saturated carbocycles. The van der Waals surface area contributed by atoms with Crippen molar-refractivity contribution in [1.82, 2.24) is 5.32 Å². The molecule has 0 aliphatic carbocycles.